The first-order chi connectivity index (χ1) is 9.17. The summed E-state index contributed by atoms with van der Waals surface area (Å²) < 4.78 is 0. The van der Waals surface area contributed by atoms with E-state index >= 15 is 0 Å². The van der Waals surface area contributed by atoms with Gasteiger partial charge < -0.3 is 16.0 Å². The fourth-order valence-corrected chi connectivity index (χ4v) is 2.98. The number of benzene rings is 1. The monoisotopic (exact) mass is 257 g/mol. The molecule has 0 saturated heterocycles. The Labute approximate surface area is 113 Å². The van der Waals surface area contributed by atoms with E-state index in [1.54, 1.807) is 0 Å². The van der Waals surface area contributed by atoms with Crippen molar-refractivity contribution in [2.24, 2.45) is 5.73 Å². The highest BCUT2D eigenvalue weighted by Crippen LogP contribution is 2.41. The van der Waals surface area contributed by atoms with Crippen molar-refractivity contribution in [3.8, 4) is 0 Å². The molecule has 4 heteroatoms. The number of ketones is 1. The van der Waals surface area contributed by atoms with Gasteiger partial charge in [-0.25, -0.2) is 0 Å². The van der Waals surface area contributed by atoms with E-state index in [0.717, 1.165) is 25.1 Å². The van der Waals surface area contributed by atoms with Gasteiger partial charge >= 0.3 is 0 Å². The van der Waals surface area contributed by atoms with Crippen molar-refractivity contribution in [2.45, 2.75) is 43.3 Å². The molecule has 2 aliphatic carbocycles. The fraction of sp³-hybridized carbons (Fsp3) is 0.533. The van der Waals surface area contributed by atoms with Crippen LogP contribution in [-0.2, 0) is 4.79 Å². The predicted octanol–water partition coefficient (Wildman–Crippen LogP) is 1.51. The zero-order valence-electron chi connectivity index (χ0n) is 10.9. The lowest BCUT2D eigenvalue weighted by Gasteiger charge is -2.37. The lowest BCUT2D eigenvalue weighted by Crippen LogP contribution is -2.52. The van der Waals surface area contributed by atoms with Crippen LogP contribution in [0.15, 0.2) is 24.3 Å². The van der Waals surface area contributed by atoms with Crippen molar-refractivity contribution < 1.29 is 4.79 Å². The van der Waals surface area contributed by atoms with Gasteiger partial charge in [0.2, 0.25) is 0 Å². The van der Waals surface area contributed by atoms with Gasteiger partial charge in [-0.3, -0.25) is 4.79 Å². The molecule has 1 unspecified atom stereocenters. The zero-order valence-corrected chi connectivity index (χ0v) is 10.9. The molecule has 1 aromatic carbocycles. The first kappa shape index (κ1) is 11.3. The zero-order chi connectivity index (χ0) is 13.0. The molecule has 1 aliphatic heterocycles. The van der Waals surface area contributed by atoms with Crippen LogP contribution >= 0.6 is 0 Å². The van der Waals surface area contributed by atoms with E-state index in [1.807, 2.05) is 6.07 Å². The number of nitrogens with one attached hydrogen (secondary N) is 1. The number of nitrogens with two attached hydrogens (primary N) is 1. The van der Waals surface area contributed by atoms with Crippen LogP contribution in [0.2, 0.25) is 0 Å². The van der Waals surface area contributed by atoms with Crippen LogP contribution in [-0.4, -0.2) is 30.0 Å². The number of fused-ring (bicyclic) bond motifs is 1. The Morgan fingerprint density at radius 3 is 2.74 bits per heavy atom. The SMILES string of the molecule is NC1(C(=O)C2CN(C3CC3)c3ccccc3N2)CC1. The summed E-state index contributed by atoms with van der Waals surface area (Å²) in [4.78, 5) is 14.9. The van der Waals surface area contributed by atoms with Gasteiger partial charge in [0.05, 0.1) is 16.9 Å². The Morgan fingerprint density at radius 2 is 2.05 bits per heavy atom. The summed E-state index contributed by atoms with van der Waals surface area (Å²) in [6, 6.07) is 8.73. The molecular formula is C15H19N3O. The van der Waals surface area contributed by atoms with Crippen molar-refractivity contribution in [2.75, 3.05) is 16.8 Å². The summed E-state index contributed by atoms with van der Waals surface area (Å²) >= 11 is 0. The van der Waals surface area contributed by atoms with Crippen LogP contribution < -0.4 is 16.0 Å². The summed E-state index contributed by atoms with van der Waals surface area (Å²) in [5.41, 5.74) is 7.83. The molecule has 0 bridgehead atoms. The Hall–Kier alpha value is -1.55. The molecule has 4 nitrogen and oxygen atoms in total. The molecule has 4 rings (SSSR count). The van der Waals surface area contributed by atoms with Crippen LogP contribution in [0.3, 0.4) is 0 Å². The number of Topliss-reactive ketones (excluding diaryl/α,β-unsaturated/α-hetero) is 1. The van der Waals surface area contributed by atoms with Crippen molar-refractivity contribution >= 4 is 17.2 Å². The second-order valence-corrected chi connectivity index (χ2v) is 6.12. The minimum Gasteiger partial charge on any atom is -0.372 e. The van der Waals surface area contributed by atoms with E-state index < -0.39 is 5.54 Å². The molecule has 0 radical (unpaired) electrons. The molecule has 2 saturated carbocycles. The van der Waals surface area contributed by atoms with Gasteiger partial charge in [0.1, 0.15) is 6.04 Å². The molecule has 0 spiro atoms. The standard InChI is InChI=1S/C15H19N3O/c16-15(7-8-15)14(19)12-9-18(10-5-6-10)13-4-2-1-3-11(13)17-12/h1-4,10,12,17H,5-9,16H2. The number of nitrogens with zero attached hydrogens (tertiary/aromatic N) is 1. The molecule has 2 fully saturated rings. The van der Waals surface area contributed by atoms with Crippen molar-refractivity contribution in [1.82, 2.24) is 0 Å². The quantitative estimate of drug-likeness (QED) is 0.861. The lowest BCUT2D eigenvalue weighted by molar-refractivity contribution is -0.121. The van der Waals surface area contributed by atoms with Crippen LogP contribution in [0.4, 0.5) is 11.4 Å². The van der Waals surface area contributed by atoms with E-state index in [0.29, 0.717) is 6.04 Å². The largest absolute Gasteiger partial charge is 0.372 e. The third-order valence-electron chi connectivity index (χ3n) is 4.51. The molecule has 100 valence electrons. The summed E-state index contributed by atoms with van der Waals surface area (Å²) in [6.07, 6.45) is 4.16. The summed E-state index contributed by atoms with van der Waals surface area (Å²) in [7, 11) is 0. The predicted molar refractivity (Wildman–Crippen MR) is 75.4 cm³/mol. The Kier molecular flexibility index (Phi) is 2.22. The van der Waals surface area contributed by atoms with E-state index in [9.17, 15) is 4.79 Å². The number of hydrogen-bond donors (Lipinski definition) is 2. The number of para-hydroxylation sites is 2. The molecule has 19 heavy (non-hydrogen) atoms. The minimum absolute atomic E-state index is 0.150. The maximum Gasteiger partial charge on any atom is 0.176 e. The Morgan fingerprint density at radius 1 is 1.32 bits per heavy atom. The van der Waals surface area contributed by atoms with E-state index in [-0.39, 0.29) is 11.8 Å². The highest BCUT2D eigenvalue weighted by atomic mass is 16.1. The maximum absolute atomic E-state index is 12.5. The summed E-state index contributed by atoms with van der Waals surface area (Å²) in [6.45, 7) is 0.763. The van der Waals surface area contributed by atoms with Crippen molar-refractivity contribution in [1.29, 1.82) is 0 Å². The number of rotatable bonds is 3. The second-order valence-electron chi connectivity index (χ2n) is 6.12. The van der Waals surface area contributed by atoms with E-state index in [4.69, 9.17) is 5.73 Å². The molecule has 1 atom stereocenters. The molecule has 1 heterocycles. The number of anilines is 2. The average molecular weight is 257 g/mol. The first-order valence-corrected chi connectivity index (χ1v) is 7.13. The highest BCUT2D eigenvalue weighted by Gasteiger charge is 2.50. The topological polar surface area (TPSA) is 58.4 Å². The lowest BCUT2D eigenvalue weighted by atomic mass is 10.00. The molecule has 3 N–H and O–H groups in total. The van der Waals surface area contributed by atoms with Crippen LogP contribution in [0, 0.1) is 0 Å². The number of hydrogen-bond acceptors (Lipinski definition) is 4. The maximum atomic E-state index is 12.5. The van der Waals surface area contributed by atoms with Gasteiger partial charge in [-0.15, -0.1) is 0 Å². The summed E-state index contributed by atoms with van der Waals surface area (Å²) in [5.74, 6) is 0.188. The third kappa shape index (κ3) is 1.82. The Bertz CT molecular complexity index is 534. The van der Waals surface area contributed by atoms with Gasteiger partial charge in [-0.2, -0.15) is 0 Å². The van der Waals surface area contributed by atoms with Gasteiger partial charge in [-0.05, 0) is 37.8 Å². The molecular weight excluding hydrogens is 238 g/mol. The van der Waals surface area contributed by atoms with Gasteiger partial charge in [0.25, 0.3) is 0 Å². The van der Waals surface area contributed by atoms with Crippen molar-refractivity contribution in [3.63, 3.8) is 0 Å². The van der Waals surface area contributed by atoms with Crippen LogP contribution in [0.1, 0.15) is 25.7 Å². The number of carbonyl (C=O) groups excluding carboxylic acids is 1. The normalized spacial score (nSPS) is 27.4. The van der Waals surface area contributed by atoms with Crippen molar-refractivity contribution in [3.05, 3.63) is 24.3 Å². The van der Waals surface area contributed by atoms with Gasteiger partial charge in [0, 0.05) is 12.6 Å². The van der Waals surface area contributed by atoms with Gasteiger partial charge in [0.15, 0.2) is 5.78 Å². The van der Waals surface area contributed by atoms with Gasteiger partial charge in [-0.1, -0.05) is 12.1 Å². The van der Waals surface area contributed by atoms with E-state index in [1.165, 1.54) is 18.5 Å². The molecule has 0 amide bonds. The smallest absolute Gasteiger partial charge is 0.176 e. The number of carbonyl (C=O) groups is 1. The minimum atomic E-state index is -0.542. The fourth-order valence-electron chi connectivity index (χ4n) is 2.98. The second kappa shape index (κ2) is 3.73. The van der Waals surface area contributed by atoms with Crippen LogP contribution in [0.25, 0.3) is 0 Å². The molecule has 1 aromatic rings. The molecule has 0 aromatic heterocycles. The third-order valence-corrected chi connectivity index (χ3v) is 4.51. The molecule has 3 aliphatic rings. The van der Waals surface area contributed by atoms with E-state index in [2.05, 4.69) is 28.4 Å². The summed E-state index contributed by atoms with van der Waals surface area (Å²) in [5, 5.41) is 3.38. The average Bonchev–Trinajstić information content (AvgIpc) is 3.32. The Balaban J connectivity index is 1.65. The first-order valence-electron chi connectivity index (χ1n) is 7.13. The highest BCUT2D eigenvalue weighted by molar-refractivity contribution is 5.99. The van der Waals surface area contributed by atoms with Crippen LogP contribution in [0.5, 0.6) is 0 Å².